The maximum Gasteiger partial charge on any atom is 0.150 e. The van der Waals surface area contributed by atoms with Crippen molar-refractivity contribution in [1.29, 1.82) is 0 Å². The summed E-state index contributed by atoms with van der Waals surface area (Å²) in [5.41, 5.74) is 8.40. The molecular formula is C13H13ClFN3. The van der Waals surface area contributed by atoms with E-state index in [4.69, 9.17) is 17.3 Å². The second kappa shape index (κ2) is 4.28. The van der Waals surface area contributed by atoms with Gasteiger partial charge in [-0.25, -0.2) is 9.07 Å². The Bertz CT molecular complexity index is 607. The van der Waals surface area contributed by atoms with E-state index in [0.29, 0.717) is 16.5 Å². The standard InChI is InChI=1S/C13H13ClFN3/c14-8-5-6-12(10(15)7-8)18-11-4-2-1-3-9(11)13(16)17-18/h5-7H,1-4H2,(H2,16,17). The van der Waals surface area contributed by atoms with Gasteiger partial charge in [0.05, 0.1) is 0 Å². The predicted octanol–water partition coefficient (Wildman–Crippen LogP) is 3.13. The van der Waals surface area contributed by atoms with Gasteiger partial charge in [-0.05, 0) is 43.9 Å². The van der Waals surface area contributed by atoms with Gasteiger partial charge in [0.25, 0.3) is 0 Å². The summed E-state index contributed by atoms with van der Waals surface area (Å²) in [6.07, 6.45) is 4.03. The Morgan fingerprint density at radius 3 is 2.83 bits per heavy atom. The van der Waals surface area contributed by atoms with Crippen molar-refractivity contribution in [3.8, 4) is 5.69 Å². The lowest BCUT2D eigenvalue weighted by atomic mass is 9.97. The van der Waals surface area contributed by atoms with Crippen LogP contribution in [0.2, 0.25) is 5.02 Å². The molecule has 0 saturated heterocycles. The highest BCUT2D eigenvalue weighted by Gasteiger charge is 2.21. The minimum atomic E-state index is -0.377. The lowest BCUT2D eigenvalue weighted by Crippen LogP contribution is -2.09. The number of nitrogen functional groups attached to an aromatic ring is 1. The molecule has 0 unspecified atom stereocenters. The highest BCUT2D eigenvalue weighted by atomic mass is 35.5. The summed E-state index contributed by atoms with van der Waals surface area (Å²) in [4.78, 5) is 0. The zero-order valence-electron chi connectivity index (χ0n) is 9.79. The third kappa shape index (κ3) is 1.77. The summed E-state index contributed by atoms with van der Waals surface area (Å²) < 4.78 is 15.5. The number of fused-ring (bicyclic) bond motifs is 1. The van der Waals surface area contributed by atoms with Crippen LogP contribution in [0.5, 0.6) is 0 Å². The number of hydrogen-bond acceptors (Lipinski definition) is 2. The van der Waals surface area contributed by atoms with Crippen molar-refractivity contribution in [1.82, 2.24) is 9.78 Å². The van der Waals surface area contributed by atoms with Gasteiger partial charge in [-0.15, -0.1) is 0 Å². The summed E-state index contributed by atoms with van der Waals surface area (Å²) >= 11 is 5.76. The first-order chi connectivity index (χ1) is 8.66. The summed E-state index contributed by atoms with van der Waals surface area (Å²) in [5, 5.41) is 4.64. The van der Waals surface area contributed by atoms with Crippen molar-refractivity contribution in [2.75, 3.05) is 5.73 Å². The molecule has 0 atom stereocenters. The van der Waals surface area contributed by atoms with Crippen LogP contribution in [0.25, 0.3) is 5.69 Å². The molecule has 1 aromatic carbocycles. The molecule has 0 radical (unpaired) electrons. The maximum atomic E-state index is 13.9. The monoisotopic (exact) mass is 265 g/mol. The number of rotatable bonds is 1. The molecule has 0 amide bonds. The van der Waals surface area contributed by atoms with Crippen LogP contribution in [0, 0.1) is 5.82 Å². The van der Waals surface area contributed by atoms with Crippen LogP contribution in [-0.4, -0.2) is 9.78 Å². The van der Waals surface area contributed by atoms with Gasteiger partial charge in [-0.2, -0.15) is 5.10 Å². The van der Waals surface area contributed by atoms with Crippen molar-refractivity contribution in [3.63, 3.8) is 0 Å². The van der Waals surface area contributed by atoms with Crippen LogP contribution in [0.3, 0.4) is 0 Å². The minimum Gasteiger partial charge on any atom is -0.382 e. The van der Waals surface area contributed by atoms with Gasteiger partial charge in [0.15, 0.2) is 0 Å². The van der Waals surface area contributed by atoms with Crippen molar-refractivity contribution < 1.29 is 4.39 Å². The molecule has 5 heteroatoms. The maximum absolute atomic E-state index is 13.9. The number of halogens is 2. The molecule has 3 nitrogen and oxygen atoms in total. The molecule has 0 saturated carbocycles. The molecule has 1 aliphatic carbocycles. The molecule has 0 bridgehead atoms. The van der Waals surface area contributed by atoms with Crippen LogP contribution in [0.15, 0.2) is 18.2 Å². The summed E-state index contributed by atoms with van der Waals surface area (Å²) in [7, 11) is 0. The van der Waals surface area contributed by atoms with E-state index in [1.807, 2.05) is 0 Å². The van der Waals surface area contributed by atoms with Crippen LogP contribution in [0.4, 0.5) is 10.2 Å². The number of nitrogens with zero attached hydrogens (tertiary/aromatic N) is 2. The molecule has 1 aliphatic rings. The van der Waals surface area contributed by atoms with Gasteiger partial charge >= 0.3 is 0 Å². The van der Waals surface area contributed by atoms with Crippen molar-refractivity contribution in [3.05, 3.63) is 40.3 Å². The zero-order valence-corrected chi connectivity index (χ0v) is 10.5. The van der Waals surface area contributed by atoms with E-state index in [2.05, 4.69) is 5.10 Å². The summed E-state index contributed by atoms with van der Waals surface area (Å²) in [6.45, 7) is 0. The second-order valence-electron chi connectivity index (χ2n) is 4.53. The first-order valence-corrected chi connectivity index (χ1v) is 6.36. The normalized spacial score (nSPS) is 14.6. The average molecular weight is 266 g/mol. The molecule has 2 aromatic rings. The molecule has 2 N–H and O–H groups in total. The van der Waals surface area contributed by atoms with E-state index >= 15 is 0 Å². The lowest BCUT2D eigenvalue weighted by molar-refractivity contribution is 0.597. The Balaban J connectivity index is 2.17. The fourth-order valence-electron chi connectivity index (χ4n) is 2.48. The highest BCUT2D eigenvalue weighted by molar-refractivity contribution is 6.30. The van der Waals surface area contributed by atoms with E-state index in [0.717, 1.165) is 36.9 Å². The van der Waals surface area contributed by atoms with E-state index in [1.54, 1.807) is 16.8 Å². The lowest BCUT2D eigenvalue weighted by Gasteiger charge is -2.14. The summed E-state index contributed by atoms with van der Waals surface area (Å²) in [5.74, 6) is 0.137. The van der Waals surface area contributed by atoms with E-state index in [-0.39, 0.29) is 5.82 Å². The molecule has 0 fully saturated rings. The molecule has 1 heterocycles. The van der Waals surface area contributed by atoms with Gasteiger partial charge in [-0.1, -0.05) is 11.6 Å². The Kier molecular flexibility index (Phi) is 2.74. The van der Waals surface area contributed by atoms with Crippen LogP contribution in [0.1, 0.15) is 24.1 Å². The van der Waals surface area contributed by atoms with Crippen molar-refractivity contribution in [2.24, 2.45) is 0 Å². The molecule has 0 aliphatic heterocycles. The number of hydrogen-bond donors (Lipinski definition) is 1. The van der Waals surface area contributed by atoms with Crippen LogP contribution in [-0.2, 0) is 12.8 Å². The topological polar surface area (TPSA) is 43.8 Å². The fraction of sp³-hybridized carbons (Fsp3) is 0.308. The Hall–Kier alpha value is -1.55. The molecule has 3 rings (SSSR count). The van der Waals surface area contributed by atoms with Gasteiger partial charge in [-0.3, -0.25) is 0 Å². The van der Waals surface area contributed by atoms with Crippen molar-refractivity contribution in [2.45, 2.75) is 25.7 Å². The molecule has 94 valence electrons. The number of benzene rings is 1. The zero-order chi connectivity index (χ0) is 12.7. The Morgan fingerprint density at radius 1 is 1.28 bits per heavy atom. The quantitative estimate of drug-likeness (QED) is 0.861. The molecule has 0 spiro atoms. The first-order valence-electron chi connectivity index (χ1n) is 5.98. The summed E-state index contributed by atoms with van der Waals surface area (Å²) in [6, 6.07) is 4.59. The van der Waals surface area contributed by atoms with E-state index < -0.39 is 0 Å². The third-order valence-electron chi connectivity index (χ3n) is 3.35. The first kappa shape index (κ1) is 11.5. The van der Waals surface area contributed by atoms with E-state index in [1.165, 1.54) is 6.07 Å². The van der Waals surface area contributed by atoms with Crippen LogP contribution >= 0.6 is 11.6 Å². The van der Waals surface area contributed by atoms with Gasteiger partial charge in [0.1, 0.15) is 17.3 Å². The van der Waals surface area contributed by atoms with E-state index in [9.17, 15) is 4.39 Å². The largest absolute Gasteiger partial charge is 0.382 e. The second-order valence-corrected chi connectivity index (χ2v) is 4.96. The van der Waals surface area contributed by atoms with Gasteiger partial charge in [0.2, 0.25) is 0 Å². The molecular weight excluding hydrogens is 253 g/mol. The predicted molar refractivity (Wildman–Crippen MR) is 69.6 cm³/mol. The van der Waals surface area contributed by atoms with Gasteiger partial charge < -0.3 is 5.73 Å². The van der Waals surface area contributed by atoms with Crippen LogP contribution < -0.4 is 5.73 Å². The fourth-order valence-corrected chi connectivity index (χ4v) is 2.64. The SMILES string of the molecule is Nc1nn(-c2ccc(Cl)cc2F)c2c1CCCC2. The molecule has 18 heavy (non-hydrogen) atoms. The molecule has 1 aromatic heterocycles. The minimum absolute atomic E-state index is 0.377. The number of anilines is 1. The number of aromatic nitrogens is 2. The Labute approximate surface area is 109 Å². The Morgan fingerprint density at radius 2 is 2.06 bits per heavy atom. The highest BCUT2D eigenvalue weighted by Crippen LogP contribution is 2.29. The average Bonchev–Trinajstić information content (AvgIpc) is 2.68. The van der Waals surface area contributed by atoms with Gasteiger partial charge in [0, 0.05) is 16.3 Å². The third-order valence-corrected chi connectivity index (χ3v) is 3.58. The number of nitrogens with two attached hydrogens (primary N) is 1. The smallest absolute Gasteiger partial charge is 0.150 e. The van der Waals surface area contributed by atoms with Crippen molar-refractivity contribution >= 4 is 17.4 Å².